The van der Waals surface area contributed by atoms with Gasteiger partial charge >= 0.3 is 5.97 Å². The van der Waals surface area contributed by atoms with Gasteiger partial charge in [-0.1, -0.05) is 24.1 Å². The van der Waals surface area contributed by atoms with Crippen LogP contribution in [0.5, 0.6) is 0 Å². The summed E-state index contributed by atoms with van der Waals surface area (Å²) in [7, 11) is 0. The maximum Gasteiger partial charge on any atom is 0.364 e. The number of aliphatic hydroxyl groups excluding tert-OH is 3. The molecule has 0 aromatic heterocycles. The number of aliphatic hydroxyl groups is 3. The van der Waals surface area contributed by atoms with E-state index in [-0.39, 0.29) is 0 Å². The van der Waals surface area contributed by atoms with E-state index in [0.717, 1.165) is 6.92 Å². The maximum atomic E-state index is 12.2. The number of benzene rings is 1. The van der Waals surface area contributed by atoms with E-state index in [1.807, 2.05) is 0 Å². The molecule has 1 fully saturated rings. The van der Waals surface area contributed by atoms with Crippen molar-refractivity contribution in [2.45, 2.75) is 49.6 Å². The van der Waals surface area contributed by atoms with Gasteiger partial charge in [-0.05, 0) is 12.1 Å². The minimum absolute atomic E-state index is 0.322. The highest BCUT2D eigenvalue weighted by atomic mass is 16.7. The lowest BCUT2D eigenvalue weighted by atomic mass is 9.88. The number of amides is 2. The molecule has 6 atom stereocenters. The Labute approximate surface area is 184 Å². The lowest BCUT2D eigenvalue weighted by Crippen LogP contribution is -2.68. The van der Waals surface area contributed by atoms with Gasteiger partial charge < -0.3 is 40.5 Å². The molecule has 1 aliphatic heterocycles. The van der Waals surface area contributed by atoms with Gasteiger partial charge in [0, 0.05) is 25.5 Å². The van der Waals surface area contributed by atoms with E-state index in [0.29, 0.717) is 5.56 Å². The summed E-state index contributed by atoms with van der Waals surface area (Å²) in [6.07, 6.45) is -2.08. The highest BCUT2D eigenvalue weighted by molar-refractivity contribution is 5.94. The average Bonchev–Trinajstić information content (AvgIpc) is 2.77. The van der Waals surface area contributed by atoms with Gasteiger partial charge in [-0.25, -0.2) is 4.79 Å². The first-order valence-corrected chi connectivity index (χ1v) is 9.74. The Hall–Kier alpha value is -3.01. The second kappa shape index (κ2) is 11.0. The molecule has 2 amide bonds. The number of carboxylic acid groups (broad SMARTS) is 1. The summed E-state index contributed by atoms with van der Waals surface area (Å²) in [5, 5.41) is 46.1. The number of ether oxygens (including phenoxy) is 2. The number of nitrogens with one attached hydrogen (secondary N) is 2. The molecule has 1 heterocycles. The third-order valence-corrected chi connectivity index (χ3v) is 4.90. The van der Waals surface area contributed by atoms with E-state index in [4.69, 9.17) is 15.9 Å². The summed E-state index contributed by atoms with van der Waals surface area (Å²) in [6, 6.07) is 6.85. The summed E-state index contributed by atoms with van der Waals surface area (Å²) in [5.74, 6) is -3.04. The monoisotopic (exact) mass is 450 g/mol. The van der Waals surface area contributed by atoms with E-state index < -0.39 is 73.6 Å². The lowest BCUT2D eigenvalue weighted by molar-refractivity contribution is -0.307. The van der Waals surface area contributed by atoms with Crippen LogP contribution >= 0.6 is 0 Å². The number of aliphatic carboxylic acids is 1. The second-order valence-corrected chi connectivity index (χ2v) is 7.27. The number of hydrogen-bond acceptors (Lipinski definition) is 8. The SMILES string of the molecule is C#CCO[C@]1(C(=O)O)C[C@H](O)[C@@H](NC(C)=O)C([C@H](O)[C@H](O)CNC(=O)c2ccccc2)O1. The summed E-state index contributed by atoms with van der Waals surface area (Å²) in [6.45, 7) is 0.256. The van der Waals surface area contributed by atoms with Crippen LogP contribution in [0.15, 0.2) is 30.3 Å². The molecule has 0 radical (unpaired) electrons. The van der Waals surface area contributed by atoms with Crippen molar-refractivity contribution in [2.24, 2.45) is 0 Å². The van der Waals surface area contributed by atoms with Crippen molar-refractivity contribution in [1.82, 2.24) is 10.6 Å². The van der Waals surface area contributed by atoms with Crippen molar-refractivity contribution >= 4 is 17.8 Å². The molecule has 11 nitrogen and oxygen atoms in total. The van der Waals surface area contributed by atoms with Gasteiger partial charge in [0.15, 0.2) is 0 Å². The molecular formula is C21H26N2O9. The standard InChI is InChI=1S/C21H26N2O9/c1-3-9-31-21(20(29)30)10-14(25)16(23-12(2)24)18(32-21)17(27)15(26)11-22-19(28)13-7-5-4-6-8-13/h1,4-8,14-18,25-27H,9-11H2,2H3,(H,22,28)(H,23,24)(H,29,30)/t14-,15+,16+,17+,18?,21+/m0/s1. The van der Waals surface area contributed by atoms with Crippen molar-refractivity contribution < 1.29 is 44.3 Å². The largest absolute Gasteiger partial charge is 0.477 e. The van der Waals surface area contributed by atoms with Gasteiger partial charge in [0.25, 0.3) is 11.7 Å². The zero-order valence-corrected chi connectivity index (χ0v) is 17.3. The van der Waals surface area contributed by atoms with Crippen molar-refractivity contribution in [3.63, 3.8) is 0 Å². The van der Waals surface area contributed by atoms with E-state index in [1.54, 1.807) is 30.3 Å². The van der Waals surface area contributed by atoms with Crippen molar-refractivity contribution in [3.05, 3.63) is 35.9 Å². The molecule has 2 rings (SSSR count). The van der Waals surface area contributed by atoms with Gasteiger partial charge in [0.05, 0.1) is 18.2 Å². The number of carbonyl (C=O) groups excluding carboxylic acids is 2. The molecule has 32 heavy (non-hydrogen) atoms. The third kappa shape index (κ3) is 6.03. The minimum Gasteiger partial charge on any atom is -0.477 e. The van der Waals surface area contributed by atoms with Crippen molar-refractivity contribution in [1.29, 1.82) is 0 Å². The number of rotatable bonds is 9. The first-order chi connectivity index (χ1) is 15.1. The highest BCUT2D eigenvalue weighted by Crippen LogP contribution is 2.33. The molecule has 1 aliphatic rings. The van der Waals surface area contributed by atoms with Gasteiger partial charge in [0.1, 0.15) is 18.8 Å². The quantitative estimate of drug-likeness (QED) is 0.238. The van der Waals surface area contributed by atoms with Crippen LogP contribution in [-0.2, 0) is 19.1 Å². The molecular weight excluding hydrogens is 424 g/mol. The fourth-order valence-corrected chi connectivity index (χ4v) is 3.34. The normalized spacial score (nSPS) is 26.9. The molecule has 0 aliphatic carbocycles. The zero-order valence-electron chi connectivity index (χ0n) is 17.3. The summed E-state index contributed by atoms with van der Waals surface area (Å²) >= 11 is 0. The van der Waals surface area contributed by atoms with Crippen LogP contribution in [0.4, 0.5) is 0 Å². The van der Waals surface area contributed by atoms with Crippen LogP contribution in [0.3, 0.4) is 0 Å². The number of hydrogen-bond donors (Lipinski definition) is 6. The highest BCUT2D eigenvalue weighted by Gasteiger charge is 2.55. The molecule has 1 saturated heterocycles. The van der Waals surface area contributed by atoms with Crippen LogP contribution in [0, 0.1) is 12.3 Å². The zero-order chi connectivity index (χ0) is 23.9. The number of terminal acetylenes is 1. The molecule has 0 bridgehead atoms. The Morgan fingerprint density at radius 1 is 1.31 bits per heavy atom. The molecule has 1 aromatic rings. The first kappa shape index (κ1) is 25.3. The Balaban J connectivity index is 2.20. The molecule has 11 heteroatoms. The van der Waals surface area contributed by atoms with Crippen LogP contribution in [0.25, 0.3) is 0 Å². The Bertz CT molecular complexity index is 857. The molecule has 1 unspecified atom stereocenters. The van der Waals surface area contributed by atoms with Crippen molar-refractivity contribution in [2.75, 3.05) is 13.2 Å². The smallest absolute Gasteiger partial charge is 0.364 e. The first-order valence-electron chi connectivity index (χ1n) is 9.74. The third-order valence-electron chi connectivity index (χ3n) is 4.90. The predicted molar refractivity (Wildman–Crippen MR) is 109 cm³/mol. The van der Waals surface area contributed by atoms with Crippen LogP contribution in [0.1, 0.15) is 23.7 Å². The molecule has 1 aromatic carbocycles. The van der Waals surface area contributed by atoms with Crippen LogP contribution < -0.4 is 10.6 Å². The molecule has 0 spiro atoms. The lowest BCUT2D eigenvalue weighted by Gasteiger charge is -2.46. The van der Waals surface area contributed by atoms with Gasteiger partial charge in [-0.3, -0.25) is 9.59 Å². The van der Waals surface area contributed by atoms with E-state index in [1.165, 1.54) is 0 Å². The van der Waals surface area contributed by atoms with E-state index in [9.17, 15) is 34.8 Å². The van der Waals surface area contributed by atoms with Crippen LogP contribution in [-0.4, -0.2) is 87.6 Å². The second-order valence-electron chi connectivity index (χ2n) is 7.27. The molecule has 6 N–H and O–H groups in total. The fourth-order valence-electron chi connectivity index (χ4n) is 3.34. The predicted octanol–water partition coefficient (Wildman–Crippen LogP) is -1.78. The summed E-state index contributed by atoms with van der Waals surface area (Å²) in [4.78, 5) is 35.6. The minimum atomic E-state index is -2.42. The molecule has 174 valence electrons. The summed E-state index contributed by atoms with van der Waals surface area (Å²) < 4.78 is 10.6. The van der Waals surface area contributed by atoms with Crippen LogP contribution in [0.2, 0.25) is 0 Å². The van der Waals surface area contributed by atoms with Gasteiger partial charge in [-0.15, -0.1) is 6.42 Å². The van der Waals surface area contributed by atoms with Gasteiger partial charge in [-0.2, -0.15) is 0 Å². The van der Waals surface area contributed by atoms with Gasteiger partial charge in [0.2, 0.25) is 5.91 Å². The van der Waals surface area contributed by atoms with Crippen molar-refractivity contribution in [3.8, 4) is 12.3 Å². The summed E-state index contributed by atoms with van der Waals surface area (Å²) in [5.41, 5.74) is 0.322. The number of carbonyl (C=O) groups is 3. The Morgan fingerprint density at radius 3 is 2.53 bits per heavy atom. The molecule has 0 saturated carbocycles. The van der Waals surface area contributed by atoms with E-state index in [2.05, 4.69) is 16.6 Å². The van der Waals surface area contributed by atoms with E-state index >= 15 is 0 Å². The fraction of sp³-hybridized carbons (Fsp3) is 0.476. The Morgan fingerprint density at radius 2 is 1.97 bits per heavy atom. The topological polar surface area (TPSA) is 175 Å². The average molecular weight is 450 g/mol. The maximum absolute atomic E-state index is 12.2. The number of carboxylic acids is 1. The Kier molecular flexibility index (Phi) is 8.71.